The summed E-state index contributed by atoms with van der Waals surface area (Å²) in [6.45, 7) is 2.16. The molecule has 1 heterocycles. The number of ether oxygens (including phenoxy) is 1. The van der Waals surface area contributed by atoms with Crippen LogP contribution >= 0.6 is 0 Å². The standard InChI is InChI=1S/C18H28N2O6S/c1-3-4-5-6-7-8-9-10-11-27(24,25)20-17(21)14-12-15(26-2)16(18(22)23)19-13-14/h12-13H,3-11H2,1-2H3,(H,20,21)(H,22,23). The number of hydrogen-bond donors (Lipinski definition) is 2. The molecular formula is C18H28N2O6S. The number of aromatic carboxylic acids is 1. The van der Waals surface area contributed by atoms with E-state index >= 15 is 0 Å². The minimum Gasteiger partial charge on any atom is -0.494 e. The first-order valence-corrected chi connectivity index (χ1v) is 10.8. The minimum atomic E-state index is -3.76. The maximum absolute atomic E-state index is 12.1. The van der Waals surface area contributed by atoms with Gasteiger partial charge in [-0.1, -0.05) is 51.9 Å². The van der Waals surface area contributed by atoms with Gasteiger partial charge in [0.05, 0.1) is 18.4 Å². The van der Waals surface area contributed by atoms with Gasteiger partial charge in [-0.2, -0.15) is 0 Å². The summed E-state index contributed by atoms with van der Waals surface area (Å²) in [5, 5.41) is 8.97. The summed E-state index contributed by atoms with van der Waals surface area (Å²) in [7, 11) is -2.52. The first kappa shape index (κ1) is 22.9. The zero-order valence-corrected chi connectivity index (χ0v) is 16.7. The zero-order chi connectivity index (χ0) is 20.3. The van der Waals surface area contributed by atoms with Crippen LogP contribution in [-0.2, 0) is 10.0 Å². The second kappa shape index (κ2) is 11.5. The van der Waals surface area contributed by atoms with Gasteiger partial charge >= 0.3 is 5.97 Å². The smallest absolute Gasteiger partial charge is 0.358 e. The second-order valence-corrected chi connectivity index (χ2v) is 8.15. The molecule has 0 fully saturated rings. The molecule has 9 heteroatoms. The Bertz CT molecular complexity index is 733. The Kier molecular flexibility index (Phi) is 9.77. The van der Waals surface area contributed by atoms with E-state index in [2.05, 4.69) is 11.9 Å². The zero-order valence-electron chi connectivity index (χ0n) is 15.9. The third kappa shape index (κ3) is 8.38. The molecule has 1 aromatic rings. The van der Waals surface area contributed by atoms with Gasteiger partial charge in [0, 0.05) is 6.20 Å². The molecule has 2 N–H and O–H groups in total. The second-order valence-electron chi connectivity index (χ2n) is 6.30. The van der Waals surface area contributed by atoms with Crippen molar-refractivity contribution in [2.24, 2.45) is 0 Å². The van der Waals surface area contributed by atoms with Crippen LogP contribution in [0.3, 0.4) is 0 Å². The summed E-state index contributed by atoms with van der Waals surface area (Å²) in [6.07, 6.45) is 9.15. The number of aromatic nitrogens is 1. The van der Waals surface area contributed by atoms with E-state index in [1.54, 1.807) is 0 Å². The van der Waals surface area contributed by atoms with Crippen LogP contribution < -0.4 is 9.46 Å². The van der Waals surface area contributed by atoms with Crippen LogP contribution in [0.4, 0.5) is 0 Å². The predicted octanol–water partition coefficient (Wildman–Crippen LogP) is 2.99. The summed E-state index contributed by atoms with van der Waals surface area (Å²) in [5.74, 6) is -2.42. The molecule has 0 radical (unpaired) electrons. The number of methoxy groups -OCH3 is 1. The fraction of sp³-hybridized carbons (Fsp3) is 0.611. The van der Waals surface area contributed by atoms with Crippen molar-refractivity contribution in [1.29, 1.82) is 0 Å². The van der Waals surface area contributed by atoms with Crippen molar-refractivity contribution in [3.05, 3.63) is 23.5 Å². The van der Waals surface area contributed by atoms with Crippen LogP contribution in [0.2, 0.25) is 0 Å². The van der Waals surface area contributed by atoms with Crippen molar-refractivity contribution < 1.29 is 27.9 Å². The molecule has 0 unspecified atom stereocenters. The first-order chi connectivity index (χ1) is 12.8. The maximum atomic E-state index is 12.1. The Labute approximate surface area is 160 Å². The van der Waals surface area contributed by atoms with Gasteiger partial charge in [-0.3, -0.25) is 4.79 Å². The Morgan fingerprint density at radius 2 is 1.70 bits per heavy atom. The van der Waals surface area contributed by atoms with Crippen LogP contribution in [0.5, 0.6) is 5.75 Å². The predicted molar refractivity (Wildman–Crippen MR) is 102 cm³/mol. The SMILES string of the molecule is CCCCCCCCCCS(=O)(=O)NC(=O)c1cnc(C(=O)O)c(OC)c1. The monoisotopic (exact) mass is 400 g/mol. The lowest BCUT2D eigenvalue weighted by Gasteiger charge is -2.09. The average molecular weight is 400 g/mol. The van der Waals surface area contributed by atoms with Gasteiger partial charge in [-0.05, 0) is 12.5 Å². The van der Waals surface area contributed by atoms with Crippen LogP contribution in [0.15, 0.2) is 12.3 Å². The van der Waals surface area contributed by atoms with E-state index in [-0.39, 0.29) is 22.8 Å². The van der Waals surface area contributed by atoms with Crippen LogP contribution in [0.25, 0.3) is 0 Å². The number of pyridine rings is 1. The van der Waals surface area contributed by atoms with E-state index in [0.29, 0.717) is 6.42 Å². The summed E-state index contributed by atoms with van der Waals surface area (Å²) < 4.78 is 30.9. The van der Waals surface area contributed by atoms with E-state index in [0.717, 1.165) is 31.5 Å². The molecule has 0 saturated heterocycles. The van der Waals surface area contributed by atoms with E-state index < -0.39 is 21.9 Å². The highest BCUT2D eigenvalue weighted by Gasteiger charge is 2.19. The number of nitrogens with one attached hydrogen (secondary N) is 1. The highest BCUT2D eigenvalue weighted by molar-refractivity contribution is 7.90. The van der Waals surface area contributed by atoms with E-state index in [1.807, 2.05) is 4.72 Å². The highest BCUT2D eigenvalue weighted by Crippen LogP contribution is 2.17. The summed E-state index contributed by atoms with van der Waals surface area (Å²) in [4.78, 5) is 26.7. The molecule has 0 saturated carbocycles. The van der Waals surface area contributed by atoms with Crippen molar-refractivity contribution in [3.8, 4) is 5.75 Å². The Morgan fingerprint density at radius 1 is 1.11 bits per heavy atom. The van der Waals surface area contributed by atoms with E-state index in [1.165, 1.54) is 32.8 Å². The lowest BCUT2D eigenvalue weighted by atomic mass is 10.1. The van der Waals surface area contributed by atoms with Gasteiger partial charge in [0.2, 0.25) is 10.0 Å². The third-order valence-electron chi connectivity index (χ3n) is 4.05. The van der Waals surface area contributed by atoms with Crippen molar-refractivity contribution in [1.82, 2.24) is 9.71 Å². The molecule has 1 amide bonds. The molecule has 1 aromatic heterocycles. The molecule has 0 spiro atoms. The van der Waals surface area contributed by atoms with Crippen molar-refractivity contribution in [3.63, 3.8) is 0 Å². The summed E-state index contributed by atoms with van der Waals surface area (Å²) in [6, 6.07) is 1.15. The molecule has 0 aliphatic rings. The molecule has 8 nitrogen and oxygen atoms in total. The maximum Gasteiger partial charge on any atom is 0.358 e. The third-order valence-corrected chi connectivity index (χ3v) is 5.37. The fourth-order valence-electron chi connectivity index (χ4n) is 2.56. The molecular weight excluding hydrogens is 372 g/mol. The Hall–Kier alpha value is -2.16. The molecule has 0 aliphatic carbocycles. The molecule has 27 heavy (non-hydrogen) atoms. The number of sulfonamides is 1. The fourth-order valence-corrected chi connectivity index (χ4v) is 3.65. The molecule has 0 bridgehead atoms. The van der Waals surface area contributed by atoms with Gasteiger partial charge in [-0.15, -0.1) is 0 Å². The largest absolute Gasteiger partial charge is 0.494 e. The molecule has 1 rings (SSSR count). The molecule has 0 aromatic carbocycles. The highest BCUT2D eigenvalue weighted by atomic mass is 32.2. The quantitative estimate of drug-likeness (QED) is 0.488. The van der Waals surface area contributed by atoms with Crippen LogP contribution in [-0.4, -0.2) is 43.2 Å². The van der Waals surface area contributed by atoms with E-state index in [4.69, 9.17) is 9.84 Å². The number of carboxylic acids is 1. The number of carbonyl (C=O) groups excluding carboxylic acids is 1. The average Bonchev–Trinajstić information content (AvgIpc) is 2.62. The number of carbonyl (C=O) groups is 2. The lowest BCUT2D eigenvalue weighted by Crippen LogP contribution is -2.32. The summed E-state index contributed by atoms with van der Waals surface area (Å²) in [5.41, 5.74) is -0.438. The number of rotatable bonds is 13. The Balaban J connectivity index is 2.49. The number of amides is 1. The first-order valence-electron chi connectivity index (χ1n) is 9.13. The number of carboxylic acid groups (broad SMARTS) is 1. The van der Waals surface area contributed by atoms with Crippen LogP contribution in [0, 0.1) is 0 Å². The van der Waals surface area contributed by atoms with E-state index in [9.17, 15) is 18.0 Å². The molecule has 0 atom stereocenters. The van der Waals surface area contributed by atoms with Gasteiger partial charge in [0.1, 0.15) is 0 Å². The van der Waals surface area contributed by atoms with Gasteiger partial charge in [-0.25, -0.2) is 22.9 Å². The van der Waals surface area contributed by atoms with Gasteiger partial charge in [0.25, 0.3) is 5.91 Å². The van der Waals surface area contributed by atoms with Gasteiger partial charge in [0.15, 0.2) is 11.4 Å². The topological polar surface area (TPSA) is 123 Å². The number of hydrogen-bond acceptors (Lipinski definition) is 6. The molecule has 0 aliphatic heterocycles. The lowest BCUT2D eigenvalue weighted by molar-refractivity contribution is 0.0685. The minimum absolute atomic E-state index is 0.0867. The van der Waals surface area contributed by atoms with Crippen molar-refractivity contribution in [2.75, 3.05) is 12.9 Å². The van der Waals surface area contributed by atoms with Crippen molar-refractivity contribution >= 4 is 21.9 Å². The number of unbranched alkanes of at least 4 members (excludes halogenated alkanes) is 7. The van der Waals surface area contributed by atoms with Crippen molar-refractivity contribution in [2.45, 2.75) is 58.3 Å². The Morgan fingerprint density at radius 3 is 2.26 bits per heavy atom. The van der Waals surface area contributed by atoms with Gasteiger partial charge < -0.3 is 9.84 Å². The molecule has 152 valence electrons. The van der Waals surface area contributed by atoms with Crippen LogP contribution in [0.1, 0.15) is 79.1 Å². The summed E-state index contributed by atoms with van der Waals surface area (Å²) >= 11 is 0. The normalized spacial score (nSPS) is 11.2. The number of nitrogens with zero attached hydrogens (tertiary/aromatic N) is 1.